The molecule has 0 aliphatic rings. The van der Waals surface area contributed by atoms with Crippen LogP contribution in [0.15, 0.2) is 59.7 Å². The zero-order chi connectivity index (χ0) is 28.9. The molecule has 0 heterocycles. The van der Waals surface area contributed by atoms with Gasteiger partial charge in [0.15, 0.2) is 11.5 Å². The van der Waals surface area contributed by atoms with E-state index in [0.29, 0.717) is 59.8 Å². The van der Waals surface area contributed by atoms with Gasteiger partial charge in [-0.05, 0) is 80.9 Å². The van der Waals surface area contributed by atoms with Crippen molar-refractivity contribution in [2.45, 2.75) is 34.3 Å². The predicted molar refractivity (Wildman–Crippen MR) is 153 cm³/mol. The number of hydrogen-bond donors (Lipinski definition) is 2. The first-order valence-corrected chi connectivity index (χ1v) is 13.0. The SMILES string of the molecule is CCOc1cc(C(=O)NN=Cc2ccc(OC)c(COc3ccc(NC(C)=O)cc3)c2)cc(OCC)c1OCC. The van der Waals surface area contributed by atoms with Crippen LogP contribution in [0.5, 0.6) is 28.7 Å². The molecule has 0 unspecified atom stereocenters. The Kier molecular flexibility index (Phi) is 11.2. The standard InChI is InChI=1S/C30H35N3O7/c1-6-37-27-16-22(17-28(38-7-2)29(27)39-8-3)30(35)33-31-18-21-9-14-26(36-5)23(15-21)19-40-25-12-10-24(11-13-25)32-20(4)34/h9-18H,6-8,19H2,1-5H3,(H,32,34)(H,33,35). The number of nitrogens with zero attached hydrogens (tertiary/aromatic N) is 1. The molecule has 212 valence electrons. The Balaban J connectivity index is 1.71. The highest BCUT2D eigenvalue weighted by Crippen LogP contribution is 2.39. The number of benzene rings is 3. The first-order valence-electron chi connectivity index (χ1n) is 13.0. The molecule has 0 aliphatic heterocycles. The lowest BCUT2D eigenvalue weighted by Gasteiger charge is -2.16. The largest absolute Gasteiger partial charge is 0.496 e. The molecule has 2 N–H and O–H groups in total. The minimum absolute atomic E-state index is 0.141. The molecule has 10 heteroatoms. The highest BCUT2D eigenvalue weighted by atomic mass is 16.5. The van der Waals surface area contributed by atoms with Gasteiger partial charge in [0, 0.05) is 23.7 Å². The Morgan fingerprint density at radius 3 is 2.05 bits per heavy atom. The molecule has 3 aromatic rings. The summed E-state index contributed by atoms with van der Waals surface area (Å²) >= 11 is 0. The molecule has 0 spiro atoms. The lowest BCUT2D eigenvalue weighted by molar-refractivity contribution is -0.114. The van der Waals surface area contributed by atoms with Gasteiger partial charge in [-0.3, -0.25) is 9.59 Å². The number of ether oxygens (including phenoxy) is 5. The van der Waals surface area contributed by atoms with Gasteiger partial charge in [0.05, 0.1) is 33.1 Å². The quantitative estimate of drug-likeness (QED) is 0.210. The summed E-state index contributed by atoms with van der Waals surface area (Å²) in [5.41, 5.74) is 5.08. The van der Waals surface area contributed by atoms with Crippen molar-refractivity contribution >= 4 is 23.7 Å². The number of hydrazone groups is 1. The van der Waals surface area contributed by atoms with Crippen LogP contribution in [0.25, 0.3) is 0 Å². The van der Waals surface area contributed by atoms with Gasteiger partial charge in [-0.15, -0.1) is 0 Å². The molecule has 3 aromatic carbocycles. The maximum absolute atomic E-state index is 12.9. The molecule has 0 atom stereocenters. The average Bonchev–Trinajstić information content (AvgIpc) is 2.94. The summed E-state index contributed by atoms with van der Waals surface area (Å²) in [6.07, 6.45) is 1.53. The van der Waals surface area contributed by atoms with Crippen LogP contribution in [0.4, 0.5) is 5.69 Å². The fraction of sp³-hybridized carbons (Fsp3) is 0.300. The first kappa shape index (κ1) is 29.8. The maximum Gasteiger partial charge on any atom is 0.271 e. The van der Waals surface area contributed by atoms with Crippen LogP contribution in [0.1, 0.15) is 49.2 Å². The van der Waals surface area contributed by atoms with Gasteiger partial charge in [0.2, 0.25) is 11.7 Å². The number of hydrogen-bond acceptors (Lipinski definition) is 8. The molecule has 0 saturated carbocycles. The Morgan fingerprint density at radius 2 is 1.48 bits per heavy atom. The highest BCUT2D eigenvalue weighted by molar-refractivity contribution is 5.96. The topological polar surface area (TPSA) is 117 Å². The number of nitrogens with one attached hydrogen (secondary N) is 2. The van der Waals surface area contributed by atoms with Gasteiger partial charge in [0.25, 0.3) is 5.91 Å². The lowest BCUT2D eigenvalue weighted by atomic mass is 10.1. The monoisotopic (exact) mass is 549 g/mol. The van der Waals surface area contributed by atoms with E-state index in [1.165, 1.54) is 13.1 Å². The number of carbonyl (C=O) groups is 2. The fourth-order valence-electron chi connectivity index (χ4n) is 3.74. The smallest absolute Gasteiger partial charge is 0.271 e. The van der Waals surface area contributed by atoms with Crippen LogP contribution in [-0.4, -0.2) is 45.0 Å². The van der Waals surface area contributed by atoms with E-state index in [2.05, 4.69) is 15.8 Å². The molecule has 3 rings (SSSR count). The number of amides is 2. The Morgan fingerprint density at radius 1 is 0.825 bits per heavy atom. The zero-order valence-corrected chi connectivity index (χ0v) is 23.4. The zero-order valence-electron chi connectivity index (χ0n) is 23.4. The molecule has 0 aliphatic carbocycles. The number of carbonyl (C=O) groups excluding carboxylic acids is 2. The average molecular weight is 550 g/mol. The van der Waals surface area contributed by atoms with Gasteiger partial charge >= 0.3 is 0 Å². The van der Waals surface area contributed by atoms with Crippen molar-refractivity contribution in [1.82, 2.24) is 5.43 Å². The Labute approximate surface area is 234 Å². The second kappa shape index (κ2) is 15.0. The molecule has 40 heavy (non-hydrogen) atoms. The minimum Gasteiger partial charge on any atom is -0.496 e. The Bertz CT molecular complexity index is 1300. The maximum atomic E-state index is 12.9. The van der Waals surface area contributed by atoms with Gasteiger partial charge in [-0.2, -0.15) is 5.10 Å². The van der Waals surface area contributed by atoms with Crippen molar-refractivity contribution in [3.05, 3.63) is 71.3 Å². The number of methoxy groups -OCH3 is 1. The van der Waals surface area contributed by atoms with Gasteiger partial charge in [0.1, 0.15) is 18.1 Å². The molecule has 0 radical (unpaired) electrons. The summed E-state index contributed by atoms with van der Waals surface area (Å²) in [6, 6.07) is 15.8. The van der Waals surface area contributed by atoms with Crippen LogP contribution >= 0.6 is 0 Å². The van der Waals surface area contributed by atoms with Gasteiger partial charge < -0.3 is 29.0 Å². The van der Waals surface area contributed by atoms with E-state index in [1.54, 1.807) is 49.6 Å². The van der Waals surface area contributed by atoms with Gasteiger partial charge in [-0.1, -0.05) is 0 Å². The van der Waals surface area contributed by atoms with Crippen molar-refractivity contribution in [2.75, 3.05) is 32.2 Å². The summed E-state index contributed by atoms with van der Waals surface area (Å²) in [5, 5.41) is 6.84. The summed E-state index contributed by atoms with van der Waals surface area (Å²) in [6.45, 7) is 8.50. The van der Waals surface area contributed by atoms with Crippen LogP contribution in [0, 0.1) is 0 Å². The van der Waals surface area contributed by atoms with E-state index in [1.807, 2.05) is 32.9 Å². The van der Waals surface area contributed by atoms with E-state index in [0.717, 1.165) is 11.1 Å². The van der Waals surface area contributed by atoms with Crippen molar-refractivity contribution in [1.29, 1.82) is 0 Å². The van der Waals surface area contributed by atoms with Crippen LogP contribution < -0.4 is 34.4 Å². The molecule has 0 bridgehead atoms. The summed E-state index contributed by atoms with van der Waals surface area (Å²) in [4.78, 5) is 24.1. The predicted octanol–water partition coefficient (Wildman–Crippen LogP) is 5.19. The van der Waals surface area contributed by atoms with E-state index in [9.17, 15) is 9.59 Å². The summed E-state index contributed by atoms with van der Waals surface area (Å²) in [5.74, 6) is 2.03. The molecular formula is C30H35N3O7. The minimum atomic E-state index is -0.430. The van der Waals surface area contributed by atoms with E-state index < -0.39 is 5.91 Å². The van der Waals surface area contributed by atoms with Gasteiger partial charge in [-0.25, -0.2) is 5.43 Å². The number of rotatable bonds is 14. The third-order valence-corrected chi connectivity index (χ3v) is 5.42. The molecule has 10 nitrogen and oxygen atoms in total. The van der Waals surface area contributed by atoms with Crippen LogP contribution in [0.2, 0.25) is 0 Å². The second-order valence-electron chi connectivity index (χ2n) is 8.37. The van der Waals surface area contributed by atoms with Crippen molar-refractivity contribution in [2.24, 2.45) is 5.10 Å². The molecule has 0 saturated heterocycles. The second-order valence-corrected chi connectivity index (χ2v) is 8.37. The summed E-state index contributed by atoms with van der Waals surface area (Å²) in [7, 11) is 1.58. The van der Waals surface area contributed by atoms with Crippen LogP contribution in [-0.2, 0) is 11.4 Å². The third kappa shape index (κ3) is 8.39. The van der Waals surface area contributed by atoms with E-state index >= 15 is 0 Å². The highest BCUT2D eigenvalue weighted by Gasteiger charge is 2.18. The van der Waals surface area contributed by atoms with E-state index in [-0.39, 0.29) is 12.5 Å². The number of anilines is 1. The Hall–Kier alpha value is -4.73. The van der Waals surface area contributed by atoms with E-state index in [4.69, 9.17) is 23.7 Å². The third-order valence-electron chi connectivity index (χ3n) is 5.42. The molecule has 0 fully saturated rings. The van der Waals surface area contributed by atoms with Crippen molar-refractivity contribution < 1.29 is 33.3 Å². The van der Waals surface area contributed by atoms with Crippen LogP contribution in [0.3, 0.4) is 0 Å². The molecule has 0 aromatic heterocycles. The van der Waals surface area contributed by atoms with Crippen molar-refractivity contribution in [3.63, 3.8) is 0 Å². The lowest BCUT2D eigenvalue weighted by Crippen LogP contribution is -2.18. The van der Waals surface area contributed by atoms with Crippen molar-refractivity contribution in [3.8, 4) is 28.7 Å². The normalized spacial score (nSPS) is 10.6. The summed E-state index contributed by atoms with van der Waals surface area (Å²) < 4.78 is 28.4. The molecular weight excluding hydrogens is 514 g/mol. The molecule has 2 amide bonds. The fourth-order valence-corrected chi connectivity index (χ4v) is 3.74. The first-order chi connectivity index (χ1) is 19.4.